The lowest BCUT2D eigenvalue weighted by atomic mass is 10.1. The number of carbonyl (C=O) groups excluding carboxylic acids is 1. The number of rotatable bonds is 3. The third-order valence-corrected chi connectivity index (χ3v) is 4.39. The second kappa shape index (κ2) is 6.15. The molecule has 1 amide bonds. The summed E-state index contributed by atoms with van der Waals surface area (Å²) in [5.74, 6) is -0.144. The van der Waals surface area contributed by atoms with E-state index in [9.17, 15) is 9.18 Å². The predicted octanol–water partition coefficient (Wildman–Crippen LogP) is 3.84. The van der Waals surface area contributed by atoms with E-state index in [4.69, 9.17) is 0 Å². The van der Waals surface area contributed by atoms with E-state index in [0.717, 1.165) is 31.3 Å². The molecule has 0 spiro atoms. The van der Waals surface area contributed by atoms with Crippen LogP contribution in [-0.2, 0) is 0 Å². The summed E-state index contributed by atoms with van der Waals surface area (Å²) in [6.07, 6.45) is 2.06. The van der Waals surface area contributed by atoms with Crippen LogP contribution in [0.5, 0.6) is 0 Å². The van der Waals surface area contributed by atoms with Crippen LogP contribution in [0.15, 0.2) is 22.7 Å². The van der Waals surface area contributed by atoms with Gasteiger partial charge in [-0.15, -0.1) is 0 Å². The zero-order valence-corrected chi connectivity index (χ0v) is 13.0. The van der Waals surface area contributed by atoms with E-state index < -0.39 is 5.82 Å². The monoisotopic (exact) mass is 377 g/mol. The first-order chi connectivity index (χ1) is 8.63. The van der Waals surface area contributed by atoms with Crippen LogP contribution in [0.4, 0.5) is 4.39 Å². The number of carbonyl (C=O) groups is 1. The summed E-state index contributed by atoms with van der Waals surface area (Å²) in [4.78, 5) is 14.0. The van der Waals surface area contributed by atoms with Gasteiger partial charge in [-0.05, 0) is 46.8 Å². The van der Waals surface area contributed by atoms with Gasteiger partial charge in [-0.25, -0.2) is 4.39 Å². The Morgan fingerprint density at radius 2 is 2.28 bits per heavy atom. The topological polar surface area (TPSA) is 20.3 Å². The highest BCUT2D eigenvalue weighted by atomic mass is 79.9. The van der Waals surface area contributed by atoms with E-state index in [0.29, 0.717) is 10.4 Å². The average molecular weight is 379 g/mol. The lowest BCUT2D eigenvalue weighted by molar-refractivity contribution is 0.0781. The first-order valence-electron chi connectivity index (χ1n) is 5.92. The average Bonchev–Trinajstić information content (AvgIpc) is 2.78. The van der Waals surface area contributed by atoms with Crippen LogP contribution in [0.25, 0.3) is 0 Å². The van der Waals surface area contributed by atoms with Crippen LogP contribution >= 0.6 is 31.9 Å². The number of benzene rings is 1. The lowest BCUT2D eigenvalue weighted by Crippen LogP contribution is -2.29. The smallest absolute Gasteiger partial charge is 0.257 e. The van der Waals surface area contributed by atoms with Crippen molar-refractivity contribution >= 4 is 37.8 Å². The third kappa shape index (κ3) is 2.94. The number of nitrogens with zero attached hydrogens (tertiary/aromatic N) is 1. The van der Waals surface area contributed by atoms with E-state index in [1.54, 1.807) is 17.0 Å². The van der Waals surface area contributed by atoms with Crippen LogP contribution in [0, 0.1) is 11.7 Å². The van der Waals surface area contributed by atoms with Crippen molar-refractivity contribution in [2.24, 2.45) is 5.92 Å². The van der Waals surface area contributed by atoms with E-state index in [1.807, 2.05) is 0 Å². The molecule has 0 bridgehead atoms. The van der Waals surface area contributed by atoms with Gasteiger partial charge in [0.15, 0.2) is 0 Å². The zero-order chi connectivity index (χ0) is 13.1. The molecule has 0 radical (unpaired) electrons. The van der Waals surface area contributed by atoms with Gasteiger partial charge in [0.2, 0.25) is 0 Å². The van der Waals surface area contributed by atoms with Crippen molar-refractivity contribution in [3.63, 3.8) is 0 Å². The van der Waals surface area contributed by atoms with Gasteiger partial charge in [0.25, 0.3) is 5.91 Å². The molecule has 1 aliphatic heterocycles. The Morgan fingerprint density at radius 1 is 1.50 bits per heavy atom. The standard InChI is InChI=1S/C13H14Br2FNO/c14-6-4-9-5-7-17(8-9)13(18)12-10(15)2-1-3-11(12)16/h1-3,9H,4-8H2. The van der Waals surface area contributed by atoms with Crippen LogP contribution in [0.2, 0.25) is 0 Å². The van der Waals surface area contributed by atoms with Crippen molar-refractivity contribution in [1.29, 1.82) is 0 Å². The molecule has 18 heavy (non-hydrogen) atoms. The fraction of sp³-hybridized carbons (Fsp3) is 0.462. The van der Waals surface area contributed by atoms with Gasteiger partial charge in [-0.3, -0.25) is 4.79 Å². The highest BCUT2D eigenvalue weighted by Gasteiger charge is 2.28. The quantitative estimate of drug-likeness (QED) is 0.732. The summed E-state index contributed by atoms with van der Waals surface area (Å²) in [5, 5.41) is 0.948. The maximum atomic E-state index is 13.7. The highest BCUT2D eigenvalue weighted by Crippen LogP contribution is 2.26. The minimum atomic E-state index is -0.460. The van der Waals surface area contributed by atoms with E-state index in [-0.39, 0.29) is 11.5 Å². The second-order valence-electron chi connectivity index (χ2n) is 4.48. The van der Waals surface area contributed by atoms with E-state index >= 15 is 0 Å². The molecule has 0 aliphatic carbocycles. The molecule has 1 unspecified atom stereocenters. The number of amides is 1. The fourth-order valence-corrected chi connectivity index (χ4v) is 3.43. The first kappa shape index (κ1) is 14.0. The third-order valence-electron chi connectivity index (χ3n) is 3.27. The second-order valence-corrected chi connectivity index (χ2v) is 6.13. The molecule has 1 saturated heterocycles. The van der Waals surface area contributed by atoms with Crippen molar-refractivity contribution in [2.75, 3.05) is 18.4 Å². The molecule has 0 saturated carbocycles. The number of hydrogen-bond acceptors (Lipinski definition) is 1. The Kier molecular flexibility index (Phi) is 4.78. The van der Waals surface area contributed by atoms with Crippen LogP contribution in [0.1, 0.15) is 23.2 Å². The number of alkyl halides is 1. The molecule has 1 atom stereocenters. The molecule has 0 N–H and O–H groups in total. The Morgan fingerprint density at radius 3 is 2.94 bits per heavy atom. The molecule has 1 aromatic rings. The van der Waals surface area contributed by atoms with Gasteiger partial charge in [-0.2, -0.15) is 0 Å². The van der Waals surface area contributed by atoms with Crippen LogP contribution in [0.3, 0.4) is 0 Å². The minimum Gasteiger partial charge on any atom is -0.338 e. The van der Waals surface area contributed by atoms with Crippen molar-refractivity contribution in [3.05, 3.63) is 34.1 Å². The molecule has 1 fully saturated rings. The van der Waals surface area contributed by atoms with Gasteiger partial charge in [-0.1, -0.05) is 22.0 Å². The lowest BCUT2D eigenvalue weighted by Gasteiger charge is -2.17. The first-order valence-corrected chi connectivity index (χ1v) is 7.84. The van der Waals surface area contributed by atoms with Crippen molar-refractivity contribution in [2.45, 2.75) is 12.8 Å². The number of likely N-dealkylation sites (tertiary alicyclic amines) is 1. The molecular weight excluding hydrogens is 365 g/mol. The maximum Gasteiger partial charge on any atom is 0.257 e. The molecule has 1 aromatic carbocycles. The summed E-state index contributed by atoms with van der Waals surface area (Å²) in [6, 6.07) is 4.61. The summed E-state index contributed by atoms with van der Waals surface area (Å²) in [7, 11) is 0. The largest absolute Gasteiger partial charge is 0.338 e. The molecule has 0 aromatic heterocycles. The van der Waals surface area contributed by atoms with Gasteiger partial charge < -0.3 is 4.90 Å². The fourth-order valence-electron chi connectivity index (χ4n) is 2.27. The summed E-state index contributed by atoms with van der Waals surface area (Å²) in [6.45, 7) is 1.45. The summed E-state index contributed by atoms with van der Waals surface area (Å²) in [5.41, 5.74) is 0.150. The number of hydrogen-bond donors (Lipinski definition) is 0. The summed E-state index contributed by atoms with van der Waals surface area (Å²) < 4.78 is 14.2. The molecule has 98 valence electrons. The summed E-state index contributed by atoms with van der Waals surface area (Å²) >= 11 is 6.66. The van der Waals surface area contributed by atoms with Gasteiger partial charge in [0, 0.05) is 22.9 Å². The molecule has 5 heteroatoms. The Bertz CT molecular complexity index is 432. The van der Waals surface area contributed by atoms with Gasteiger partial charge in [0.05, 0.1) is 5.56 Å². The van der Waals surface area contributed by atoms with E-state index in [2.05, 4.69) is 31.9 Å². The normalized spacial score (nSPS) is 19.3. The van der Waals surface area contributed by atoms with Crippen LogP contribution < -0.4 is 0 Å². The predicted molar refractivity (Wildman–Crippen MR) is 76.5 cm³/mol. The zero-order valence-electron chi connectivity index (χ0n) is 9.83. The van der Waals surface area contributed by atoms with Crippen molar-refractivity contribution in [3.8, 4) is 0 Å². The Hall–Kier alpha value is -0.420. The minimum absolute atomic E-state index is 0.150. The van der Waals surface area contributed by atoms with E-state index in [1.165, 1.54) is 6.07 Å². The molecule has 1 aliphatic rings. The number of halogens is 3. The van der Waals surface area contributed by atoms with Crippen molar-refractivity contribution < 1.29 is 9.18 Å². The maximum absolute atomic E-state index is 13.7. The van der Waals surface area contributed by atoms with Crippen LogP contribution in [-0.4, -0.2) is 29.2 Å². The van der Waals surface area contributed by atoms with Gasteiger partial charge in [0.1, 0.15) is 5.82 Å². The Balaban J connectivity index is 2.13. The molecule has 2 rings (SSSR count). The SMILES string of the molecule is O=C(c1c(F)cccc1Br)N1CCC(CCBr)C1. The Labute approximate surface area is 123 Å². The molecule has 2 nitrogen and oxygen atoms in total. The van der Waals surface area contributed by atoms with Crippen molar-refractivity contribution in [1.82, 2.24) is 4.90 Å². The molecule has 1 heterocycles. The highest BCUT2D eigenvalue weighted by molar-refractivity contribution is 9.10. The molecular formula is C13H14Br2FNO. The van der Waals surface area contributed by atoms with Gasteiger partial charge >= 0.3 is 0 Å².